The number of fused-ring (bicyclic) bond motifs is 5. The maximum Gasteiger partial charge on any atom is 0.338 e. The van der Waals surface area contributed by atoms with Gasteiger partial charge in [-0.3, -0.25) is 15.0 Å². The van der Waals surface area contributed by atoms with E-state index in [9.17, 15) is 9.59 Å². The van der Waals surface area contributed by atoms with Crippen molar-refractivity contribution >= 4 is 88.0 Å². The minimum absolute atomic E-state index is 0. The second-order valence-corrected chi connectivity index (χ2v) is 13.8. The maximum atomic E-state index is 11.9. The van der Waals surface area contributed by atoms with Crippen LogP contribution in [-0.2, 0) is 30.9 Å². The van der Waals surface area contributed by atoms with Gasteiger partial charge < -0.3 is 38.6 Å². The van der Waals surface area contributed by atoms with Gasteiger partial charge in [-0.15, -0.1) is 12.4 Å². The molecule has 0 saturated heterocycles. The van der Waals surface area contributed by atoms with E-state index in [0.29, 0.717) is 87.9 Å². The van der Waals surface area contributed by atoms with Crippen LogP contribution in [0.15, 0.2) is 123 Å². The lowest BCUT2D eigenvalue weighted by Crippen LogP contribution is -2.21. The molecule has 320 valence electrons. The zero-order chi connectivity index (χ0) is 43.2. The Morgan fingerprint density at radius 3 is 1.75 bits per heavy atom. The molecular formula is C42H36ClN11O8S. The number of hydroxylamine groups is 1. The number of carbonyl (C=O) groups excluding carboxylic acids is 2. The van der Waals surface area contributed by atoms with Crippen molar-refractivity contribution in [2.45, 2.75) is 26.2 Å². The van der Waals surface area contributed by atoms with Crippen LogP contribution in [0.3, 0.4) is 0 Å². The third-order valence-corrected chi connectivity index (χ3v) is 9.76. The Balaban J connectivity index is 0.000000136. The molecule has 9 heterocycles. The van der Waals surface area contributed by atoms with Crippen LogP contribution in [0, 0.1) is 4.84 Å². The van der Waals surface area contributed by atoms with Gasteiger partial charge in [0.05, 0.1) is 12.7 Å². The Kier molecular flexibility index (Phi) is 13.1. The highest BCUT2D eigenvalue weighted by Crippen LogP contribution is 2.33. The van der Waals surface area contributed by atoms with Gasteiger partial charge in [0.25, 0.3) is 10.7 Å². The van der Waals surface area contributed by atoms with E-state index in [4.69, 9.17) is 46.3 Å². The largest absolute Gasteiger partial charge is 0.504 e. The zero-order valence-electron chi connectivity index (χ0n) is 33.0. The number of amides is 1. The molecule has 0 bridgehead atoms. The van der Waals surface area contributed by atoms with Crippen molar-refractivity contribution in [3.63, 3.8) is 0 Å². The number of aromatic nitrogens is 7. The summed E-state index contributed by atoms with van der Waals surface area (Å²) >= 11 is 4.75. The smallest absolute Gasteiger partial charge is 0.338 e. The molecule has 2 aliphatic heterocycles. The molecule has 19 nitrogen and oxygen atoms in total. The van der Waals surface area contributed by atoms with Crippen LogP contribution in [0.5, 0.6) is 5.75 Å². The number of carbonyl (C=O) groups is 2. The molecule has 63 heavy (non-hydrogen) atoms. The fourth-order valence-corrected chi connectivity index (χ4v) is 6.86. The predicted molar refractivity (Wildman–Crippen MR) is 234 cm³/mol. The summed E-state index contributed by atoms with van der Waals surface area (Å²) in [4.78, 5) is 55.4. The summed E-state index contributed by atoms with van der Waals surface area (Å²) in [6.07, 6.45) is 6.55. The number of pyridine rings is 4. The van der Waals surface area contributed by atoms with Gasteiger partial charge in [0, 0.05) is 56.5 Å². The average Bonchev–Trinajstić information content (AvgIpc) is 4.15. The quantitative estimate of drug-likeness (QED) is 0.0512. The lowest BCUT2D eigenvalue weighted by molar-refractivity contribution is 0.0599. The highest BCUT2D eigenvalue weighted by molar-refractivity contribution is 7.71. The van der Waals surface area contributed by atoms with Gasteiger partial charge in [-0.2, -0.15) is 9.97 Å². The SMILES string of the molecule is COC(=O)c1cccc2c1CN(c1nc3ncccc3o1)C2.Cl.Nc1ncccc1O.O=C(NO)c1cccc2c1CN(c1nc3ncccc3o1)C2.S=c1[nH]c2ncccc2o1. The molecule has 6 N–H and O–H groups in total. The molecule has 1 amide bonds. The number of hydrogen-bond donors (Lipinski definition) is 5. The minimum atomic E-state index is -0.516. The zero-order valence-corrected chi connectivity index (χ0v) is 34.7. The molecule has 0 saturated carbocycles. The fourth-order valence-electron chi connectivity index (χ4n) is 6.67. The fraction of sp³-hybridized carbons (Fsp3) is 0.119. The van der Waals surface area contributed by atoms with E-state index < -0.39 is 5.91 Å². The van der Waals surface area contributed by atoms with Gasteiger partial charge in [-0.05, 0) is 95.1 Å². The topological polar surface area (TPSA) is 261 Å². The number of H-pyrrole nitrogens is 1. The Bertz CT molecular complexity index is 2850. The number of esters is 1. The van der Waals surface area contributed by atoms with Crippen LogP contribution < -0.4 is 21.0 Å². The number of nitrogens with one attached hydrogen (secondary N) is 2. The Morgan fingerprint density at radius 1 is 0.714 bits per heavy atom. The number of halogens is 1. The summed E-state index contributed by atoms with van der Waals surface area (Å²) < 4.78 is 21.4. The van der Waals surface area contributed by atoms with Crippen LogP contribution >= 0.6 is 24.6 Å². The highest BCUT2D eigenvalue weighted by atomic mass is 35.5. The van der Waals surface area contributed by atoms with Crippen molar-refractivity contribution in [3.8, 4) is 5.75 Å². The Hall–Kier alpha value is -7.94. The third kappa shape index (κ3) is 9.52. The van der Waals surface area contributed by atoms with Crippen molar-refractivity contribution in [2.24, 2.45) is 0 Å². The first-order valence-corrected chi connectivity index (χ1v) is 19.1. The van der Waals surface area contributed by atoms with Crippen molar-refractivity contribution < 1.29 is 37.9 Å². The third-order valence-electron chi connectivity index (χ3n) is 9.58. The van der Waals surface area contributed by atoms with E-state index in [1.165, 1.54) is 19.4 Å². The highest BCUT2D eigenvalue weighted by Gasteiger charge is 2.29. The van der Waals surface area contributed by atoms with E-state index >= 15 is 0 Å². The van der Waals surface area contributed by atoms with E-state index in [0.717, 1.165) is 22.3 Å². The van der Waals surface area contributed by atoms with Crippen molar-refractivity contribution in [1.82, 2.24) is 40.4 Å². The van der Waals surface area contributed by atoms with Gasteiger partial charge >= 0.3 is 18.0 Å². The average molecular weight is 890 g/mol. The standard InChI is InChI=1S/C16H13N3O3.C15H12N4O3.C6H4N2OS.C5H6N2O.ClH/c1-21-15(20)11-5-2-4-10-8-19(9-12(10)11)16-18-14-13(22-16)6-3-7-17-14;20-14(18-21)10-4-1-3-9-7-19(8-11(9)10)15-17-13-12(22-15)5-2-6-16-13;10-6-8-5-4(9-6)2-1-3-7-5;6-5-4(8)2-1-3-7-5;/h2-7H,8-9H2,1H3;1-6,21H,7-8H2,(H,18,20);1-3H,(H,7,8,10);1-3,8H,(H2,6,7);1H. The molecule has 7 aromatic heterocycles. The first kappa shape index (κ1) is 43.2. The van der Waals surface area contributed by atoms with Crippen LogP contribution in [-0.4, -0.2) is 64.2 Å². The van der Waals surface area contributed by atoms with Gasteiger partial charge in [-0.1, -0.05) is 24.3 Å². The Morgan fingerprint density at radius 2 is 1.24 bits per heavy atom. The number of methoxy groups -OCH3 is 1. The van der Waals surface area contributed by atoms with E-state index in [-0.39, 0.29) is 29.9 Å². The summed E-state index contributed by atoms with van der Waals surface area (Å²) in [6, 6.07) is 26.0. The minimum Gasteiger partial charge on any atom is -0.504 e. The molecule has 0 aliphatic carbocycles. The molecule has 0 radical (unpaired) electrons. The number of ether oxygens (including phenoxy) is 1. The van der Waals surface area contributed by atoms with Gasteiger partial charge in [0.2, 0.25) is 11.3 Å². The molecule has 11 rings (SSSR count). The maximum absolute atomic E-state index is 11.9. The van der Waals surface area contributed by atoms with Gasteiger partial charge in [-0.25, -0.2) is 30.2 Å². The summed E-state index contributed by atoms with van der Waals surface area (Å²) in [5.41, 5.74) is 15.6. The predicted octanol–water partition coefficient (Wildman–Crippen LogP) is 7.07. The first-order valence-electron chi connectivity index (χ1n) is 18.7. The summed E-state index contributed by atoms with van der Waals surface area (Å²) in [5.74, 6) is -0.629. The molecule has 9 aromatic rings. The number of rotatable bonds is 4. The van der Waals surface area contributed by atoms with Crippen molar-refractivity contribution in [2.75, 3.05) is 22.6 Å². The molecule has 2 aromatic carbocycles. The lowest BCUT2D eigenvalue weighted by atomic mass is 10.0. The monoisotopic (exact) mass is 889 g/mol. The number of nitrogens with zero attached hydrogens (tertiary/aromatic N) is 8. The summed E-state index contributed by atoms with van der Waals surface area (Å²) in [5, 5.41) is 17.6. The van der Waals surface area contributed by atoms with Gasteiger partial charge in [0.15, 0.2) is 34.0 Å². The van der Waals surface area contributed by atoms with Crippen molar-refractivity contribution in [3.05, 3.63) is 148 Å². The number of aromatic amines is 1. The lowest BCUT2D eigenvalue weighted by Gasteiger charge is -2.11. The molecule has 0 unspecified atom stereocenters. The summed E-state index contributed by atoms with van der Waals surface area (Å²) in [7, 11) is 1.39. The number of aromatic hydroxyl groups is 1. The Labute approximate surface area is 367 Å². The van der Waals surface area contributed by atoms with Crippen LogP contribution in [0.25, 0.3) is 33.7 Å². The normalized spacial score (nSPS) is 12.2. The van der Waals surface area contributed by atoms with E-state index in [2.05, 4.69) is 34.9 Å². The molecule has 21 heteroatoms. The van der Waals surface area contributed by atoms with E-state index in [1.807, 2.05) is 52.3 Å². The first-order chi connectivity index (χ1) is 30.2. The van der Waals surface area contributed by atoms with Crippen LogP contribution in [0.2, 0.25) is 0 Å². The molecular weight excluding hydrogens is 854 g/mol. The molecule has 2 aliphatic rings. The molecule has 0 spiro atoms. The van der Waals surface area contributed by atoms with E-state index in [1.54, 1.807) is 60.5 Å². The van der Waals surface area contributed by atoms with Gasteiger partial charge in [0.1, 0.15) is 0 Å². The number of benzene rings is 2. The van der Waals surface area contributed by atoms with Crippen LogP contribution in [0.1, 0.15) is 43.0 Å². The molecule has 0 fully saturated rings. The van der Waals surface area contributed by atoms with Crippen molar-refractivity contribution in [1.29, 1.82) is 0 Å². The summed E-state index contributed by atoms with van der Waals surface area (Å²) in [6.45, 7) is 2.29. The molecule has 0 atom stereocenters. The number of nitrogen functional groups attached to an aromatic ring is 1. The number of anilines is 3. The number of hydrogen-bond acceptors (Lipinski definition) is 18. The van der Waals surface area contributed by atoms with Crippen LogP contribution in [0.4, 0.5) is 17.8 Å². The number of nitrogens with two attached hydrogens (primary N) is 1. The number of oxazole rings is 3. The second kappa shape index (κ2) is 19.2. The second-order valence-electron chi connectivity index (χ2n) is 13.4.